The smallest absolute Gasteiger partial charge is 0.411 e. The lowest BCUT2D eigenvalue weighted by molar-refractivity contribution is -0.151. The van der Waals surface area contributed by atoms with Gasteiger partial charge in [-0.1, -0.05) is 30.3 Å². The van der Waals surface area contributed by atoms with Gasteiger partial charge in [-0.15, -0.1) is 0 Å². The average molecular weight is 600 g/mol. The van der Waals surface area contributed by atoms with Crippen LogP contribution in [0.25, 0.3) is 10.9 Å². The lowest BCUT2D eigenvalue weighted by Gasteiger charge is -2.35. The number of piperidine rings is 1. The molecular formula is C30H35BrN2O6. The molecule has 0 aliphatic carbocycles. The number of halogens is 1. The number of aromatic nitrogens is 1. The molecule has 1 aliphatic rings. The third kappa shape index (κ3) is 8.08. The van der Waals surface area contributed by atoms with Gasteiger partial charge in [0.15, 0.2) is 11.5 Å². The van der Waals surface area contributed by atoms with Gasteiger partial charge >= 0.3 is 12.1 Å². The van der Waals surface area contributed by atoms with Crippen LogP contribution in [0.3, 0.4) is 0 Å². The molecule has 0 spiro atoms. The first-order valence-electron chi connectivity index (χ1n) is 13.3. The quantitative estimate of drug-likeness (QED) is 0.200. The van der Waals surface area contributed by atoms with Gasteiger partial charge < -0.3 is 18.9 Å². The summed E-state index contributed by atoms with van der Waals surface area (Å²) in [5, 5.41) is 0.821. The maximum absolute atomic E-state index is 12.9. The van der Waals surface area contributed by atoms with Gasteiger partial charge in [-0.25, -0.2) is 9.59 Å². The average Bonchev–Trinajstić information content (AvgIpc) is 2.91. The van der Waals surface area contributed by atoms with E-state index in [1.807, 2.05) is 69.3 Å². The number of hydrogen-bond donors (Lipinski definition) is 0. The molecule has 8 nitrogen and oxygen atoms in total. The van der Waals surface area contributed by atoms with Crippen LogP contribution in [0.1, 0.15) is 52.0 Å². The first-order valence-corrected chi connectivity index (χ1v) is 14.0. The van der Waals surface area contributed by atoms with Crippen molar-refractivity contribution in [1.29, 1.82) is 0 Å². The van der Waals surface area contributed by atoms with Crippen LogP contribution in [0, 0.1) is 0 Å². The van der Waals surface area contributed by atoms with E-state index >= 15 is 0 Å². The zero-order chi connectivity index (χ0) is 27.8. The molecule has 39 heavy (non-hydrogen) atoms. The number of benzene rings is 2. The lowest BCUT2D eigenvalue weighted by atomic mass is 10.0. The number of carbonyl (C=O) groups is 2. The summed E-state index contributed by atoms with van der Waals surface area (Å²) < 4.78 is 24.2. The topological polar surface area (TPSA) is 87.2 Å². The van der Waals surface area contributed by atoms with Crippen LogP contribution in [0.15, 0.2) is 59.2 Å². The van der Waals surface area contributed by atoms with Crippen LogP contribution in [-0.4, -0.2) is 53.3 Å². The van der Waals surface area contributed by atoms with Crippen LogP contribution in [0.2, 0.25) is 0 Å². The third-order valence-corrected chi connectivity index (χ3v) is 6.60. The molecule has 9 heteroatoms. The number of esters is 1. The van der Waals surface area contributed by atoms with E-state index in [0.717, 1.165) is 33.8 Å². The molecule has 0 bridgehead atoms. The summed E-state index contributed by atoms with van der Waals surface area (Å²) in [7, 11) is 0. The van der Waals surface area contributed by atoms with E-state index in [1.54, 1.807) is 6.20 Å². The van der Waals surface area contributed by atoms with E-state index in [-0.39, 0.29) is 6.61 Å². The normalized spacial score (nSPS) is 15.6. The summed E-state index contributed by atoms with van der Waals surface area (Å²) >= 11 is 3.49. The minimum atomic E-state index is -0.631. The zero-order valence-electron chi connectivity index (χ0n) is 22.7. The Morgan fingerprint density at radius 1 is 1.05 bits per heavy atom. The molecule has 3 aromatic rings. The van der Waals surface area contributed by atoms with Crippen LogP contribution < -0.4 is 9.47 Å². The Morgan fingerprint density at radius 3 is 2.62 bits per heavy atom. The molecule has 1 saturated heterocycles. The third-order valence-electron chi connectivity index (χ3n) is 6.17. The molecule has 1 aromatic heterocycles. The number of likely N-dealkylation sites (tertiary alicyclic amines) is 1. The summed E-state index contributed by atoms with van der Waals surface area (Å²) in [6.07, 6.45) is 3.99. The molecule has 1 aliphatic heterocycles. The number of pyridine rings is 1. The van der Waals surface area contributed by atoms with Crippen molar-refractivity contribution in [2.75, 3.05) is 19.8 Å². The predicted molar refractivity (Wildman–Crippen MR) is 152 cm³/mol. The molecule has 2 aromatic carbocycles. The van der Waals surface area contributed by atoms with Crippen molar-refractivity contribution in [1.82, 2.24) is 9.88 Å². The van der Waals surface area contributed by atoms with E-state index in [9.17, 15) is 9.59 Å². The van der Waals surface area contributed by atoms with Gasteiger partial charge in [0, 0.05) is 29.0 Å². The highest BCUT2D eigenvalue weighted by atomic mass is 79.9. The molecule has 1 amide bonds. The number of nitrogens with zero attached hydrogens (tertiary/aromatic N) is 2. The summed E-state index contributed by atoms with van der Waals surface area (Å²) in [5.74, 6) is 0.788. The summed E-state index contributed by atoms with van der Waals surface area (Å²) in [5.41, 5.74) is 1.20. The highest BCUT2D eigenvalue weighted by molar-refractivity contribution is 9.10. The Bertz CT molecular complexity index is 1280. The fourth-order valence-electron chi connectivity index (χ4n) is 4.34. The molecular weight excluding hydrogens is 564 g/mol. The highest BCUT2D eigenvalue weighted by Crippen LogP contribution is 2.37. The van der Waals surface area contributed by atoms with Gasteiger partial charge in [0.05, 0.1) is 18.7 Å². The Balaban J connectivity index is 1.35. The molecule has 0 saturated carbocycles. The maximum atomic E-state index is 12.9. The number of ether oxygens (including phenoxy) is 4. The molecule has 1 fully saturated rings. The molecule has 208 valence electrons. The van der Waals surface area contributed by atoms with Crippen molar-refractivity contribution < 1.29 is 28.5 Å². The minimum absolute atomic E-state index is 0.171. The number of amides is 1. The molecule has 0 N–H and O–H groups in total. The van der Waals surface area contributed by atoms with Crippen LogP contribution in [-0.2, 0) is 20.9 Å². The number of hydrogen-bond acceptors (Lipinski definition) is 7. The molecule has 1 atom stereocenters. The molecule has 2 heterocycles. The van der Waals surface area contributed by atoms with Gasteiger partial charge in [0.1, 0.15) is 18.2 Å². The van der Waals surface area contributed by atoms with E-state index in [4.69, 9.17) is 18.9 Å². The first kappa shape index (κ1) is 28.7. The van der Waals surface area contributed by atoms with Crippen molar-refractivity contribution >= 4 is 38.9 Å². The van der Waals surface area contributed by atoms with Crippen molar-refractivity contribution in [2.45, 2.75) is 64.7 Å². The summed E-state index contributed by atoms with van der Waals surface area (Å²) in [6, 6.07) is 15.0. The molecule has 1 unspecified atom stereocenters. The second-order valence-electron chi connectivity index (χ2n) is 10.4. The van der Waals surface area contributed by atoms with E-state index in [2.05, 4.69) is 20.9 Å². The number of carbonyl (C=O) groups excluding carboxylic acids is 2. The van der Waals surface area contributed by atoms with Crippen molar-refractivity contribution in [2.24, 2.45) is 0 Å². The Labute approximate surface area is 237 Å². The van der Waals surface area contributed by atoms with Gasteiger partial charge in [-0.05, 0) is 79.7 Å². The maximum Gasteiger partial charge on any atom is 0.411 e. The fraction of sp³-hybridized carbons (Fsp3) is 0.433. The van der Waals surface area contributed by atoms with E-state index in [1.165, 1.54) is 4.90 Å². The largest absolute Gasteiger partial charge is 0.489 e. The van der Waals surface area contributed by atoms with Crippen molar-refractivity contribution in [3.05, 3.63) is 64.8 Å². The van der Waals surface area contributed by atoms with Crippen LogP contribution in [0.4, 0.5) is 4.79 Å². The number of fused-ring (bicyclic) bond motifs is 1. The lowest BCUT2D eigenvalue weighted by Crippen LogP contribution is -2.50. The predicted octanol–water partition coefficient (Wildman–Crippen LogP) is 6.68. The van der Waals surface area contributed by atoms with Crippen molar-refractivity contribution in [3.63, 3.8) is 0 Å². The standard InChI is InChI=1S/C30H35BrN2O6/c1-30(2,3)39-29(35)33-15-8-7-12-25(33)28(34)37-17-9-16-36-27-23-18-22(31)19-32-24(23)13-14-26(27)38-20-21-10-5-4-6-11-21/h4-6,10-11,13-14,18-19,25H,7-9,12,15-17,20H2,1-3H3. The van der Waals surface area contributed by atoms with Crippen LogP contribution >= 0.6 is 15.9 Å². The zero-order valence-corrected chi connectivity index (χ0v) is 24.2. The van der Waals surface area contributed by atoms with Gasteiger partial charge in [-0.3, -0.25) is 9.88 Å². The summed E-state index contributed by atoms with van der Waals surface area (Å²) in [4.78, 5) is 31.4. The molecule has 4 rings (SSSR count). The monoisotopic (exact) mass is 598 g/mol. The summed E-state index contributed by atoms with van der Waals surface area (Å²) in [6.45, 7) is 6.79. The minimum Gasteiger partial charge on any atom is -0.489 e. The second kappa shape index (κ2) is 13.2. The van der Waals surface area contributed by atoms with Crippen LogP contribution in [0.5, 0.6) is 11.5 Å². The van der Waals surface area contributed by atoms with E-state index in [0.29, 0.717) is 44.1 Å². The second-order valence-corrected chi connectivity index (χ2v) is 11.4. The first-order chi connectivity index (χ1) is 18.7. The van der Waals surface area contributed by atoms with Gasteiger partial charge in [0.2, 0.25) is 0 Å². The molecule has 0 radical (unpaired) electrons. The Kier molecular flexibility index (Phi) is 9.67. The highest BCUT2D eigenvalue weighted by Gasteiger charge is 2.35. The van der Waals surface area contributed by atoms with Gasteiger partial charge in [-0.2, -0.15) is 0 Å². The van der Waals surface area contributed by atoms with Crippen molar-refractivity contribution in [3.8, 4) is 11.5 Å². The number of rotatable bonds is 9. The SMILES string of the molecule is CC(C)(C)OC(=O)N1CCCCC1C(=O)OCCCOc1c(OCc2ccccc2)ccc2ncc(Br)cc12. The Hall–Kier alpha value is -3.33. The van der Waals surface area contributed by atoms with Gasteiger partial charge in [0.25, 0.3) is 0 Å². The van der Waals surface area contributed by atoms with E-state index < -0.39 is 23.7 Å². The fourth-order valence-corrected chi connectivity index (χ4v) is 4.67. The Morgan fingerprint density at radius 2 is 1.85 bits per heavy atom.